The molecule has 9 heteroatoms. The number of hydrogen-bond donors (Lipinski definition) is 1. The van der Waals surface area contributed by atoms with E-state index in [1.165, 1.54) is 14.0 Å². The van der Waals surface area contributed by atoms with E-state index >= 15 is 0 Å². The Bertz CT molecular complexity index is 1130. The summed E-state index contributed by atoms with van der Waals surface area (Å²) < 4.78 is 23.8. The van der Waals surface area contributed by atoms with Gasteiger partial charge in [-0.15, -0.1) is 0 Å². The lowest BCUT2D eigenvalue weighted by Gasteiger charge is -2.68. The molecule has 1 saturated heterocycles. The molecule has 232 valence electrons. The maximum atomic E-state index is 14.8. The largest absolute Gasteiger partial charge is 0.456 e. The monoisotopic (exact) mass is 577 g/mol. The molecule has 2 bridgehead atoms. The number of Topliss-reactive ketones (excluding diaryl/α,β-unsaturated/α-hetero) is 1. The second-order valence-corrected chi connectivity index (χ2v) is 14.3. The molecule has 9 nitrogen and oxygen atoms in total. The molecule has 1 N–H and O–H groups in total. The van der Waals surface area contributed by atoms with Gasteiger partial charge in [0, 0.05) is 49.2 Å². The molecule has 3 fully saturated rings. The zero-order valence-corrected chi connectivity index (χ0v) is 27.0. The summed E-state index contributed by atoms with van der Waals surface area (Å²) in [5.74, 6) is -2.49. The minimum Gasteiger partial charge on any atom is -0.456 e. The molecule has 7 unspecified atom stereocenters. The first-order valence-electron chi connectivity index (χ1n) is 15.0. The van der Waals surface area contributed by atoms with Gasteiger partial charge >= 0.3 is 11.9 Å². The van der Waals surface area contributed by atoms with Crippen LogP contribution in [-0.4, -0.2) is 91.1 Å². The molecule has 0 aromatic rings. The molecular formula is C32H51NO8. The number of rotatable bonds is 6. The van der Waals surface area contributed by atoms with Gasteiger partial charge in [0.2, 0.25) is 0 Å². The van der Waals surface area contributed by atoms with Crippen molar-refractivity contribution in [1.29, 1.82) is 0 Å². The van der Waals surface area contributed by atoms with E-state index in [0.29, 0.717) is 6.42 Å². The Hall–Kier alpha value is -1.81. The zero-order valence-electron chi connectivity index (χ0n) is 27.0. The smallest absolute Gasteiger partial charge is 0.337 e. The lowest BCUT2D eigenvalue weighted by Crippen LogP contribution is -2.78. The highest BCUT2D eigenvalue weighted by atomic mass is 16.6. The number of hydrogen-bond acceptors (Lipinski definition) is 9. The number of fused-ring (bicyclic) bond motifs is 5. The number of carbonyl (C=O) groups is 3. The van der Waals surface area contributed by atoms with Crippen LogP contribution in [0.5, 0.6) is 0 Å². The lowest BCUT2D eigenvalue weighted by molar-refractivity contribution is -0.332. The number of esters is 2. The van der Waals surface area contributed by atoms with Gasteiger partial charge in [0.25, 0.3) is 0 Å². The molecule has 41 heavy (non-hydrogen) atoms. The Labute approximate surface area is 245 Å². The van der Waals surface area contributed by atoms with Gasteiger partial charge in [0.05, 0.1) is 12.2 Å². The van der Waals surface area contributed by atoms with E-state index in [0.717, 1.165) is 11.1 Å². The SMILES string of the molecule is COC(C(=O)OC1CC2(O)[C@@H](C)C3C4(OC(C)=O)COC4C[C@H](C)[C@@]3(C)C(=O)[C@H](C)C(=C1C)C2(C)C)C(C)N(C)C. The van der Waals surface area contributed by atoms with Crippen LogP contribution in [0.3, 0.4) is 0 Å². The molecule has 0 spiro atoms. The van der Waals surface area contributed by atoms with E-state index in [1.807, 2.05) is 67.5 Å². The van der Waals surface area contributed by atoms with E-state index in [9.17, 15) is 19.5 Å². The van der Waals surface area contributed by atoms with Gasteiger partial charge < -0.3 is 29.0 Å². The Morgan fingerprint density at radius 3 is 2.24 bits per heavy atom. The number of ether oxygens (including phenoxy) is 4. The summed E-state index contributed by atoms with van der Waals surface area (Å²) in [6.45, 7) is 17.3. The number of likely N-dealkylation sites (N-methyl/N-ethyl adjacent to an activating group) is 1. The van der Waals surface area contributed by atoms with E-state index in [-0.39, 0.29) is 36.9 Å². The Kier molecular flexibility index (Phi) is 8.16. The number of aliphatic hydroxyl groups is 1. The van der Waals surface area contributed by atoms with Crippen molar-refractivity contribution >= 4 is 17.7 Å². The number of nitrogens with zero attached hydrogens (tertiary/aromatic N) is 1. The van der Waals surface area contributed by atoms with Gasteiger partial charge in [-0.05, 0) is 57.3 Å². The van der Waals surface area contributed by atoms with Gasteiger partial charge in [-0.25, -0.2) is 4.79 Å². The normalized spacial score (nSPS) is 43.1. The van der Waals surface area contributed by atoms with E-state index < -0.39 is 63.9 Å². The molecule has 0 radical (unpaired) electrons. The second-order valence-electron chi connectivity index (χ2n) is 14.3. The van der Waals surface area contributed by atoms with Crippen LogP contribution in [0.15, 0.2) is 11.1 Å². The van der Waals surface area contributed by atoms with Crippen LogP contribution in [0.4, 0.5) is 0 Å². The van der Waals surface area contributed by atoms with Crippen LogP contribution < -0.4 is 0 Å². The number of ketones is 1. The van der Waals surface area contributed by atoms with Gasteiger partial charge in [0.1, 0.15) is 18.0 Å². The molecular weight excluding hydrogens is 526 g/mol. The topological polar surface area (TPSA) is 112 Å². The first-order valence-corrected chi connectivity index (χ1v) is 15.0. The Morgan fingerprint density at radius 1 is 1.15 bits per heavy atom. The van der Waals surface area contributed by atoms with Gasteiger partial charge in [0.15, 0.2) is 11.7 Å². The van der Waals surface area contributed by atoms with Crippen LogP contribution in [0.25, 0.3) is 0 Å². The van der Waals surface area contributed by atoms with Crippen molar-refractivity contribution in [2.45, 2.75) is 111 Å². The summed E-state index contributed by atoms with van der Waals surface area (Å²) in [5.41, 5.74) is -2.50. The molecule has 4 aliphatic rings. The summed E-state index contributed by atoms with van der Waals surface area (Å²) in [4.78, 5) is 42.6. The average molecular weight is 578 g/mol. The third-order valence-corrected chi connectivity index (χ3v) is 11.9. The Balaban J connectivity index is 1.89. The van der Waals surface area contributed by atoms with Crippen molar-refractivity contribution < 1.29 is 38.4 Å². The number of methoxy groups -OCH3 is 1. The molecule has 0 aromatic heterocycles. The first kappa shape index (κ1) is 32.1. The quantitative estimate of drug-likeness (QED) is 0.374. The maximum Gasteiger partial charge on any atom is 0.337 e. The third kappa shape index (κ3) is 4.35. The van der Waals surface area contributed by atoms with Crippen molar-refractivity contribution in [3.63, 3.8) is 0 Å². The van der Waals surface area contributed by atoms with Crippen molar-refractivity contribution in [1.82, 2.24) is 4.90 Å². The average Bonchev–Trinajstić information content (AvgIpc) is 2.87. The third-order valence-electron chi connectivity index (χ3n) is 11.9. The number of carbonyl (C=O) groups excluding carboxylic acids is 3. The fourth-order valence-corrected chi connectivity index (χ4v) is 9.27. The van der Waals surface area contributed by atoms with Crippen LogP contribution >= 0.6 is 0 Å². The highest BCUT2D eigenvalue weighted by molar-refractivity contribution is 5.91. The predicted molar refractivity (Wildman–Crippen MR) is 153 cm³/mol. The molecule has 0 amide bonds. The Morgan fingerprint density at radius 2 is 1.76 bits per heavy atom. The van der Waals surface area contributed by atoms with Crippen LogP contribution in [-0.2, 0) is 33.3 Å². The van der Waals surface area contributed by atoms with Crippen molar-refractivity contribution in [2.75, 3.05) is 27.8 Å². The fraction of sp³-hybridized carbons (Fsp3) is 0.844. The fourth-order valence-electron chi connectivity index (χ4n) is 9.27. The van der Waals surface area contributed by atoms with Crippen molar-refractivity contribution in [2.24, 2.45) is 34.5 Å². The summed E-state index contributed by atoms with van der Waals surface area (Å²) in [6.07, 6.45) is -1.17. The van der Waals surface area contributed by atoms with Gasteiger partial charge in [-0.1, -0.05) is 41.5 Å². The molecule has 1 aliphatic heterocycles. The predicted octanol–water partition coefficient (Wildman–Crippen LogP) is 3.56. The van der Waals surface area contributed by atoms with E-state index in [4.69, 9.17) is 18.9 Å². The lowest BCUT2D eigenvalue weighted by atomic mass is 9.40. The van der Waals surface area contributed by atoms with Gasteiger partial charge in [-0.3, -0.25) is 9.59 Å². The van der Waals surface area contributed by atoms with Crippen molar-refractivity contribution in [3.05, 3.63) is 11.1 Å². The van der Waals surface area contributed by atoms with E-state index in [1.54, 1.807) is 0 Å². The maximum absolute atomic E-state index is 14.8. The summed E-state index contributed by atoms with van der Waals surface area (Å²) in [7, 11) is 5.22. The van der Waals surface area contributed by atoms with Gasteiger partial charge in [-0.2, -0.15) is 0 Å². The molecule has 2 saturated carbocycles. The second kappa shape index (κ2) is 10.4. The standard InChI is InChI=1S/C32H51NO8/c1-16-13-23-31(15-39-23,41-21(6)34)26-19(4)32(37)14-22(40-28(36)25(38-12)20(5)33(10)11)17(2)24(29(32,7)8)18(3)27(35)30(16,26)9/h16,18-20,22-23,25-26,37H,13-15H2,1-12H3/t16-,18+,19-,20?,22?,23?,25?,26?,30+,31?,32?/m0/s1. The zero-order chi connectivity index (χ0) is 31.0. The van der Waals surface area contributed by atoms with Crippen LogP contribution in [0.2, 0.25) is 0 Å². The summed E-state index contributed by atoms with van der Waals surface area (Å²) in [6, 6.07) is -0.239. The molecule has 4 rings (SSSR count). The molecule has 11 atom stereocenters. The van der Waals surface area contributed by atoms with E-state index in [2.05, 4.69) is 6.92 Å². The minimum atomic E-state index is -1.40. The molecule has 1 heterocycles. The molecule has 3 aliphatic carbocycles. The summed E-state index contributed by atoms with van der Waals surface area (Å²) >= 11 is 0. The first-order chi connectivity index (χ1) is 18.8. The van der Waals surface area contributed by atoms with Crippen molar-refractivity contribution in [3.8, 4) is 0 Å². The molecule has 0 aromatic carbocycles. The minimum absolute atomic E-state index is 0.0612. The highest BCUT2D eigenvalue weighted by Crippen LogP contribution is 2.67. The summed E-state index contributed by atoms with van der Waals surface area (Å²) in [5, 5.41) is 13.0. The van der Waals surface area contributed by atoms with Crippen LogP contribution in [0.1, 0.15) is 75.2 Å². The van der Waals surface area contributed by atoms with Crippen LogP contribution in [0, 0.1) is 34.5 Å². The highest BCUT2D eigenvalue weighted by Gasteiger charge is 2.74.